The minimum Gasteiger partial charge on any atom is -0.280 e. The Kier molecular flexibility index (Phi) is 2.83. The van der Waals surface area contributed by atoms with Crippen LogP contribution in [0.2, 0.25) is 0 Å². The molecule has 0 spiro atoms. The third-order valence-corrected chi connectivity index (χ3v) is 3.50. The highest BCUT2D eigenvalue weighted by atomic mass is 16.1. The first-order valence-electron chi connectivity index (χ1n) is 6.92. The van der Waals surface area contributed by atoms with Gasteiger partial charge in [-0.15, -0.1) is 0 Å². The Morgan fingerprint density at radius 1 is 0.682 bits per heavy atom. The molecular formula is C17H12N4O. The van der Waals surface area contributed by atoms with E-state index in [0.29, 0.717) is 16.9 Å². The molecule has 0 aliphatic carbocycles. The largest absolute Gasteiger partial charge is 0.292 e. The van der Waals surface area contributed by atoms with E-state index in [4.69, 9.17) is 0 Å². The summed E-state index contributed by atoms with van der Waals surface area (Å²) >= 11 is 0. The third kappa shape index (κ3) is 2.00. The molecule has 0 amide bonds. The fourth-order valence-corrected chi connectivity index (χ4v) is 2.45. The minimum atomic E-state index is -0.265. The number of fused-ring (bicyclic) bond motifs is 1. The summed E-state index contributed by atoms with van der Waals surface area (Å²) in [7, 11) is 0. The lowest BCUT2D eigenvalue weighted by molar-refractivity contribution is 1.06. The van der Waals surface area contributed by atoms with Gasteiger partial charge in [-0.3, -0.25) is 15.0 Å². The number of rotatable bonds is 2. The second kappa shape index (κ2) is 4.96. The Balaban J connectivity index is 2.07. The van der Waals surface area contributed by atoms with Crippen molar-refractivity contribution >= 4 is 11.2 Å². The molecule has 2 aromatic carbocycles. The molecule has 4 rings (SSSR count). The predicted molar refractivity (Wildman–Crippen MR) is 85.4 cm³/mol. The molecule has 22 heavy (non-hydrogen) atoms. The van der Waals surface area contributed by atoms with Gasteiger partial charge in [-0.25, -0.2) is 9.97 Å². The maximum Gasteiger partial charge on any atom is 0.292 e. The number of hydrogen-bond donors (Lipinski definition) is 2. The predicted octanol–water partition coefficient (Wildman–Crippen LogP) is 2.98. The lowest BCUT2D eigenvalue weighted by atomic mass is 10.0. The molecule has 0 unspecified atom stereocenters. The third-order valence-electron chi connectivity index (χ3n) is 3.50. The molecule has 0 atom stereocenters. The summed E-state index contributed by atoms with van der Waals surface area (Å²) in [5.74, 6) is 0. The highest BCUT2D eigenvalue weighted by Crippen LogP contribution is 2.29. The van der Waals surface area contributed by atoms with E-state index in [0.717, 1.165) is 16.8 Å². The molecule has 5 nitrogen and oxygen atoms in total. The molecule has 2 aromatic heterocycles. The summed E-state index contributed by atoms with van der Waals surface area (Å²) in [6, 6.07) is 19.6. The van der Waals surface area contributed by atoms with Crippen LogP contribution in [0.25, 0.3) is 33.7 Å². The minimum absolute atomic E-state index is 0.265. The zero-order valence-corrected chi connectivity index (χ0v) is 11.6. The van der Waals surface area contributed by atoms with Gasteiger partial charge in [0.15, 0.2) is 11.2 Å². The molecule has 0 aliphatic rings. The van der Waals surface area contributed by atoms with Crippen LogP contribution < -0.4 is 5.56 Å². The number of benzene rings is 2. The van der Waals surface area contributed by atoms with Crippen molar-refractivity contribution < 1.29 is 0 Å². The van der Waals surface area contributed by atoms with Crippen molar-refractivity contribution in [2.24, 2.45) is 0 Å². The van der Waals surface area contributed by atoms with Gasteiger partial charge in [-0.05, 0) is 0 Å². The summed E-state index contributed by atoms with van der Waals surface area (Å²) < 4.78 is 0. The van der Waals surface area contributed by atoms with Gasteiger partial charge in [-0.2, -0.15) is 0 Å². The smallest absolute Gasteiger partial charge is 0.280 e. The first-order valence-corrected chi connectivity index (χ1v) is 6.92. The van der Waals surface area contributed by atoms with Crippen molar-refractivity contribution in [2.45, 2.75) is 0 Å². The van der Waals surface area contributed by atoms with Gasteiger partial charge in [0.05, 0.1) is 11.4 Å². The molecule has 0 aliphatic heterocycles. The van der Waals surface area contributed by atoms with Crippen LogP contribution in [0.3, 0.4) is 0 Å². The molecule has 0 saturated carbocycles. The van der Waals surface area contributed by atoms with E-state index < -0.39 is 0 Å². The second-order valence-electron chi connectivity index (χ2n) is 4.93. The van der Waals surface area contributed by atoms with Crippen LogP contribution in [-0.4, -0.2) is 20.2 Å². The summed E-state index contributed by atoms with van der Waals surface area (Å²) in [6.07, 6.45) is 0. The number of hydrogen-bond acceptors (Lipinski definition) is 3. The molecule has 4 aromatic rings. The van der Waals surface area contributed by atoms with Crippen molar-refractivity contribution in [3.05, 3.63) is 71.0 Å². The van der Waals surface area contributed by atoms with Crippen molar-refractivity contribution in [1.29, 1.82) is 0 Å². The Morgan fingerprint density at radius 3 is 1.82 bits per heavy atom. The van der Waals surface area contributed by atoms with Crippen molar-refractivity contribution in [3.63, 3.8) is 0 Å². The van der Waals surface area contributed by atoms with Gasteiger partial charge in [0.25, 0.3) is 5.56 Å². The Morgan fingerprint density at radius 2 is 1.23 bits per heavy atom. The molecule has 106 valence electrons. The second-order valence-corrected chi connectivity index (χ2v) is 4.93. The van der Waals surface area contributed by atoms with Crippen molar-refractivity contribution in [1.82, 2.24) is 20.2 Å². The monoisotopic (exact) mass is 288 g/mol. The van der Waals surface area contributed by atoms with Crippen LogP contribution in [0, 0.1) is 0 Å². The van der Waals surface area contributed by atoms with E-state index in [1.54, 1.807) is 0 Å². The quantitative estimate of drug-likeness (QED) is 0.595. The van der Waals surface area contributed by atoms with E-state index in [1.807, 2.05) is 60.7 Å². The molecule has 0 radical (unpaired) electrons. The fourth-order valence-electron chi connectivity index (χ4n) is 2.45. The molecule has 0 saturated heterocycles. The number of aromatic amines is 2. The number of nitrogens with one attached hydrogen (secondary N) is 2. The van der Waals surface area contributed by atoms with Crippen LogP contribution in [0.4, 0.5) is 0 Å². The van der Waals surface area contributed by atoms with Gasteiger partial charge < -0.3 is 0 Å². The normalized spacial score (nSPS) is 10.9. The van der Waals surface area contributed by atoms with Crippen LogP contribution in [0.5, 0.6) is 0 Å². The van der Waals surface area contributed by atoms with Crippen molar-refractivity contribution in [3.8, 4) is 22.5 Å². The van der Waals surface area contributed by atoms with Gasteiger partial charge in [0.1, 0.15) is 0 Å². The zero-order chi connectivity index (χ0) is 14.9. The summed E-state index contributed by atoms with van der Waals surface area (Å²) in [6.45, 7) is 0. The summed E-state index contributed by atoms with van der Waals surface area (Å²) in [5, 5.41) is 5.29. The van der Waals surface area contributed by atoms with Crippen LogP contribution in [0.15, 0.2) is 65.5 Å². The van der Waals surface area contributed by atoms with Crippen molar-refractivity contribution in [2.75, 3.05) is 0 Å². The van der Waals surface area contributed by atoms with Gasteiger partial charge in [-0.1, -0.05) is 60.7 Å². The van der Waals surface area contributed by atoms with E-state index in [-0.39, 0.29) is 5.56 Å². The molecule has 0 fully saturated rings. The highest BCUT2D eigenvalue weighted by Gasteiger charge is 2.15. The first-order chi connectivity index (χ1) is 10.8. The summed E-state index contributed by atoms with van der Waals surface area (Å²) in [5.41, 5.74) is 3.84. The average molecular weight is 288 g/mol. The van der Waals surface area contributed by atoms with E-state index in [9.17, 15) is 4.79 Å². The van der Waals surface area contributed by atoms with E-state index >= 15 is 0 Å². The molecular weight excluding hydrogens is 276 g/mol. The SMILES string of the molecule is O=c1[nH][nH]c2nc(-c3ccccc3)c(-c3ccccc3)nc12. The maximum atomic E-state index is 11.8. The molecule has 2 N–H and O–H groups in total. The van der Waals surface area contributed by atoms with Crippen LogP contribution in [-0.2, 0) is 0 Å². The highest BCUT2D eigenvalue weighted by molar-refractivity contribution is 5.84. The van der Waals surface area contributed by atoms with E-state index in [2.05, 4.69) is 20.2 Å². The molecule has 2 heterocycles. The maximum absolute atomic E-state index is 11.8. The van der Waals surface area contributed by atoms with Crippen LogP contribution in [0.1, 0.15) is 0 Å². The molecule has 5 heteroatoms. The molecule has 0 bridgehead atoms. The Hall–Kier alpha value is -3.21. The topological polar surface area (TPSA) is 74.4 Å². The average Bonchev–Trinajstić information content (AvgIpc) is 2.96. The lowest BCUT2D eigenvalue weighted by Crippen LogP contribution is -2.02. The number of aromatic nitrogens is 4. The van der Waals surface area contributed by atoms with Crippen LogP contribution >= 0.6 is 0 Å². The Labute approximate surface area is 125 Å². The van der Waals surface area contributed by atoms with Gasteiger partial charge in [0, 0.05) is 11.1 Å². The van der Waals surface area contributed by atoms with Gasteiger partial charge in [0.2, 0.25) is 0 Å². The number of H-pyrrole nitrogens is 2. The lowest BCUT2D eigenvalue weighted by Gasteiger charge is -2.08. The standard InChI is InChI=1S/C17H12N4O/c22-17-15-16(20-21-17)19-14(12-9-5-2-6-10-12)13(18-15)11-7-3-1-4-8-11/h1-10H,(H2,19,20,21,22). The van der Waals surface area contributed by atoms with Gasteiger partial charge >= 0.3 is 0 Å². The summed E-state index contributed by atoms with van der Waals surface area (Å²) in [4.78, 5) is 21.0. The first kappa shape index (κ1) is 12.5. The Bertz CT molecular complexity index is 988. The fraction of sp³-hybridized carbons (Fsp3) is 0. The number of nitrogens with zero attached hydrogens (tertiary/aromatic N) is 2. The van der Waals surface area contributed by atoms with E-state index in [1.165, 1.54) is 0 Å². The zero-order valence-electron chi connectivity index (χ0n) is 11.6.